The fourth-order valence-corrected chi connectivity index (χ4v) is 2.86. The maximum Gasteiger partial charge on any atom is 0.0758 e. The van der Waals surface area contributed by atoms with Crippen LogP contribution in [0.15, 0.2) is 59.2 Å². The number of benzene rings is 2. The van der Waals surface area contributed by atoms with E-state index in [2.05, 4.69) is 44.4 Å². The van der Waals surface area contributed by atoms with E-state index in [9.17, 15) is 0 Å². The van der Waals surface area contributed by atoms with E-state index in [1.54, 1.807) is 0 Å². The molecular formula is C17H14BrClN2. The lowest BCUT2D eigenvalue weighted by Crippen LogP contribution is -2.13. The first kappa shape index (κ1) is 14.5. The predicted octanol–water partition coefficient (Wildman–Crippen LogP) is 4.94. The molecule has 1 aromatic heterocycles. The van der Waals surface area contributed by atoms with Crippen LogP contribution in [0, 0.1) is 0 Å². The van der Waals surface area contributed by atoms with Crippen molar-refractivity contribution in [2.75, 3.05) is 0 Å². The van der Waals surface area contributed by atoms with Gasteiger partial charge in [-0.25, -0.2) is 0 Å². The Labute approximate surface area is 137 Å². The molecule has 0 saturated heterocycles. The second kappa shape index (κ2) is 6.56. The highest BCUT2D eigenvalue weighted by Gasteiger charge is 2.05. The smallest absolute Gasteiger partial charge is 0.0758 e. The molecular weight excluding hydrogens is 348 g/mol. The lowest BCUT2D eigenvalue weighted by Gasteiger charge is -2.09. The van der Waals surface area contributed by atoms with E-state index in [-0.39, 0.29) is 0 Å². The number of fused-ring (bicyclic) bond motifs is 1. The van der Waals surface area contributed by atoms with Crippen molar-refractivity contribution in [2.24, 2.45) is 0 Å². The highest BCUT2D eigenvalue weighted by molar-refractivity contribution is 9.10. The van der Waals surface area contributed by atoms with Crippen LogP contribution in [0.4, 0.5) is 0 Å². The monoisotopic (exact) mass is 360 g/mol. The minimum Gasteiger partial charge on any atom is -0.309 e. The molecule has 0 spiro atoms. The van der Waals surface area contributed by atoms with E-state index in [0.29, 0.717) is 0 Å². The normalized spacial score (nSPS) is 11.0. The molecule has 3 rings (SSSR count). The van der Waals surface area contributed by atoms with Gasteiger partial charge < -0.3 is 5.32 Å². The SMILES string of the molecule is Clc1ccc(CNCc2ccc(Br)c3cccnc23)cc1. The number of nitrogens with zero attached hydrogens (tertiary/aromatic N) is 1. The van der Waals surface area contributed by atoms with Crippen molar-refractivity contribution in [1.82, 2.24) is 10.3 Å². The van der Waals surface area contributed by atoms with E-state index in [0.717, 1.165) is 33.5 Å². The number of pyridine rings is 1. The van der Waals surface area contributed by atoms with Gasteiger partial charge in [-0.1, -0.05) is 51.8 Å². The fourth-order valence-electron chi connectivity index (χ4n) is 2.28. The molecule has 1 heterocycles. The number of hydrogen-bond acceptors (Lipinski definition) is 2. The molecule has 0 saturated carbocycles. The van der Waals surface area contributed by atoms with E-state index in [1.165, 1.54) is 11.1 Å². The first-order valence-electron chi connectivity index (χ1n) is 6.71. The molecule has 0 amide bonds. The lowest BCUT2D eigenvalue weighted by molar-refractivity contribution is 0.696. The maximum atomic E-state index is 5.89. The number of hydrogen-bond donors (Lipinski definition) is 1. The van der Waals surface area contributed by atoms with Crippen LogP contribution < -0.4 is 5.32 Å². The summed E-state index contributed by atoms with van der Waals surface area (Å²) in [5.41, 5.74) is 3.45. The van der Waals surface area contributed by atoms with Gasteiger partial charge in [-0.3, -0.25) is 4.98 Å². The van der Waals surface area contributed by atoms with Crippen molar-refractivity contribution in [3.05, 3.63) is 75.4 Å². The van der Waals surface area contributed by atoms with E-state index >= 15 is 0 Å². The van der Waals surface area contributed by atoms with Crippen molar-refractivity contribution in [3.8, 4) is 0 Å². The molecule has 0 aliphatic heterocycles. The Morgan fingerprint density at radius 2 is 1.81 bits per heavy atom. The molecule has 0 aliphatic carbocycles. The standard InChI is InChI=1S/C17H14BrClN2/c18-16-8-5-13(17-15(16)2-1-9-21-17)11-20-10-12-3-6-14(19)7-4-12/h1-9,20H,10-11H2. The zero-order valence-corrected chi connectivity index (χ0v) is 13.7. The van der Waals surface area contributed by atoms with Crippen LogP contribution in [-0.2, 0) is 13.1 Å². The first-order chi connectivity index (χ1) is 10.2. The Morgan fingerprint density at radius 1 is 1.00 bits per heavy atom. The van der Waals surface area contributed by atoms with Crippen molar-refractivity contribution >= 4 is 38.4 Å². The van der Waals surface area contributed by atoms with Crippen molar-refractivity contribution in [1.29, 1.82) is 0 Å². The Morgan fingerprint density at radius 3 is 2.62 bits per heavy atom. The summed E-state index contributed by atoms with van der Waals surface area (Å²) in [5, 5.41) is 5.36. The molecule has 106 valence electrons. The summed E-state index contributed by atoms with van der Waals surface area (Å²) < 4.78 is 1.08. The van der Waals surface area contributed by atoms with Crippen LogP contribution in [0.1, 0.15) is 11.1 Å². The maximum absolute atomic E-state index is 5.89. The summed E-state index contributed by atoms with van der Waals surface area (Å²) in [5.74, 6) is 0. The van der Waals surface area contributed by atoms with Crippen molar-refractivity contribution in [2.45, 2.75) is 13.1 Å². The molecule has 0 aliphatic rings. The summed E-state index contributed by atoms with van der Waals surface area (Å²) >= 11 is 9.46. The highest BCUT2D eigenvalue weighted by atomic mass is 79.9. The van der Waals surface area contributed by atoms with Crippen LogP contribution in [0.2, 0.25) is 5.02 Å². The van der Waals surface area contributed by atoms with Gasteiger partial charge in [0, 0.05) is 34.2 Å². The molecule has 2 nitrogen and oxygen atoms in total. The zero-order chi connectivity index (χ0) is 14.7. The van der Waals surface area contributed by atoms with Gasteiger partial charge in [0.05, 0.1) is 5.52 Å². The minimum absolute atomic E-state index is 0.766. The second-order valence-electron chi connectivity index (χ2n) is 4.84. The van der Waals surface area contributed by atoms with Gasteiger partial charge in [0.2, 0.25) is 0 Å². The molecule has 4 heteroatoms. The molecule has 1 N–H and O–H groups in total. The fraction of sp³-hybridized carbons (Fsp3) is 0.118. The highest BCUT2D eigenvalue weighted by Crippen LogP contribution is 2.25. The topological polar surface area (TPSA) is 24.9 Å². The number of aromatic nitrogens is 1. The lowest BCUT2D eigenvalue weighted by atomic mass is 10.1. The Hall–Kier alpha value is -1.42. The summed E-state index contributed by atoms with van der Waals surface area (Å²) in [6, 6.07) is 16.1. The quantitative estimate of drug-likeness (QED) is 0.712. The number of nitrogens with one attached hydrogen (secondary N) is 1. The van der Waals surface area contributed by atoms with Crippen molar-refractivity contribution in [3.63, 3.8) is 0 Å². The van der Waals surface area contributed by atoms with Gasteiger partial charge in [0.1, 0.15) is 0 Å². The molecule has 0 fully saturated rings. The van der Waals surface area contributed by atoms with Crippen LogP contribution in [0.25, 0.3) is 10.9 Å². The summed E-state index contributed by atoms with van der Waals surface area (Å²) in [7, 11) is 0. The molecule has 2 aromatic carbocycles. The Kier molecular flexibility index (Phi) is 4.54. The minimum atomic E-state index is 0.766. The number of rotatable bonds is 4. The second-order valence-corrected chi connectivity index (χ2v) is 6.13. The predicted molar refractivity (Wildman–Crippen MR) is 91.4 cm³/mol. The van der Waals surface area contributed by atoms with Crippen molar-refractivity contribution < 1.29 is 0 Å². The van der Waals surface area contributed by atoms with Crippen LogP contribution in [-0.4, -0.2) is 4.98 Å². The van der Waals surface area contributed by atoms with Gasteiger partial charge >= 0.3 is 0 Å². The van der Waals surface area contributed by atoms with E-state index < -0.39 is 0 Å². The Balaban J connectivity index is 1.74. The van der Waals surface area contributed by atoms with Gasteiger partial charge in [-0.2, -0.15) is 0 Å². The van der Waals surface area contributed by atoms with Gasteiger partial charge in [0.25, 0.3) is 0 Å². The summed E-state index contributed by atoms with van der Waals surface area (Å²) in [4.78, 5) is 4.49. The Bertz CT molecular complexity index is 756. The zero-order valence-electron chi connectivity index (χ0n) is 11.3. The summed E-state index contributed by atoms with van der Waals surface area (Å²) in [6.07, 6.45) is 1.83. The van der Waals surface area contributed by atoms with Gasteiger partial charge in [-0.15, -0.1) is 0 Å². The van der Waals surface area contributed by atoms with E-state index in [1.807, 2.05) is 36.5 Å². The summed E-state index contributed by atoms with van der Waals surface area (Å²) in [6.45, 7) is 1.59. The third kappa shape index (κ3) is 3.43. The molecule has 0 radical (unpaired) electrons. The third-order valence-corrected chi connectivity index (χ3v) is 4.30. The van der Waals surface area contributed by atoms with Crippen LogP contribution in [0.5, 0.6) is 0 Å². The van der Waals surface area contributed by atoms with Crippen LogP contribution >= 0.6 is 27.5 Å². The average molecular weight is 362 g/mol. The molecule has 3 aromatic rings. The van der Waals surface area contributed by atoms with Gasteiger partial charge in [0.15, 0.2) is 0 Å². The molecule has 0 unspecified atom stereocenters. The molecule has 21 heavy (non-hydrogen) atoms. The van der Waals surface area contributed by atoms with Gasteiger partial charge in [-0.05, 0) is 35.4 Å². The number of halogens is 2. The van der Waals surface area contributed by atoms with Crippen LogP contribution in [0.3, 0.4) is 0 Å². The average Bonchev–Trinajstić information content (AvgIpc) is 2.52. The molecule has 0 bridgehead atoms. The largest absolute Gasteiger partial charge is 0.309 e. The molecule has 0 atom stereocenters. The third-order valence-electron chi connectivity index (χ3n) is 3.36. The van der Waals surface area contributed by atoms with E-state index in [4.69, 9.17) is 11.6 Å². The first-order valence-corrected chi connectivity index (χ1v) is 7.88.